The Morgan fingerprint density at radius 2 is 2.27 bits per heavy atom. The molecular formula is C9H12IN5. The Morgan fingerprint density at radius 1 is 1.53 bits per heavy atom. The molecule has 6 heteroatoms. The van der Waals surface area contributed by atoms with Crippen molar-refractivity contribution in [3.63, 3.8) is 0 Å². The second-order valence-corrected chi connectivity index (χ2v) is 4.56. The van der Waals surface area contributed by atoms with E-state index in [9.17, 15) is 0 Å². The molecule has 2 heterocycles. The maximum atomic E-state index is 5.71. The van der Waals surface area contributed by atoms with Crippen molar-refractivity contribution in [2.24, 2.45) is 12.8 Å². The number of nitrogens with two attached hydrogens (primary N) is 1. The van der Waals surface area contributed by atoms with E-state index in [-0.39, 0.29) is 0 Å². The summed E-state index contributed by atoms with van der Waals surface area (Å²) in [6.45, 7) is 2.44. The van der Waals surface area contributed by atoms with E-state index in [0.717, 1.165) is 20.6 Å². The molecule has 0 unspecified atom stereocenters. The highest BCUT2D eigenvalue weighted by atomic mass is 127. The van der Waals surface area contributed by atoms with E-state index in [1.54, 1.807) is 4.68 Å². The topological polar surface area (TPSA) is 61.7 Å². The highest BCUT2D eigenvalue weighted by molar-refractivity contribution is 14.1. The molecular weight excluding hydrogens is 305 g/mol. The normalized spacial score (nSPS) is 10.9. The average molecular weight is 317 g/mol. The van der Waals surface area contributed by atoms with E-state index in [2.05, 4.69) is 32.8 Å². The molecule has 0 spiro atoms. The SMILES string of the molecule is Cc1nn(C)c(-n2cc(I)cn2)c1CN. The summed E-state index contributed by atoms with van der Waals surface area (Å²) >= 11 is 2.23. The second kappa shape index (κ2) is 3.93. The van der Waals surface area contributed by atoms with Crippen LogP contribution in [0.1, 0.15) is 11.3 Å². The molecule has 2 aromatic heterocycles. The summed E-state index contributed by atoms with van der Waals surface area (Å²) in [6.07, 6.45) is 3.76. The number of hydrogen-bond donors (Lipinski definition) is 1. The third-order valence-electron chi connectivity index (χ3n) is 2.29. The van der Waals surface area contributed by atoms with Crippen molar-refractivity contribution < 1.29 is 0 Å². The van der Waals surface area contributed by atoms with E-state index < -0.39 is 0 Å². The molecule has 0 bridgehead atoms. The molecule has 15 heavy (non-hydrogen) atoms. The zero-order chi connectivity index (χ0) is 11.0. The van der Waals surface area contributed by atoms with Gasteiger partial charge < -0.3 is 5.73 Å². The van der Waals surface area contributed by atoms with Crippen LogP contribution < -0.4 is 5.73 Å². The third-order valence-corrected chi connectivity index (χ3v) is 2.84. The lowest BCUT2D eigenvalue weighted by Gasteiger charge is -2.04. The zero-order valence-electron chi connectivity index (χ0n) is 8.61. The lowest BCUT2D eigenvalue weighted by Crippen LogP contribution is -2.08. The molecule has 0 aliphatic carbocycles. The van der Waals surface area contributed by atoms with Crippen molar-refractivity contribution in [2.75, 3.05) is 0 Å². The van der Waals surface area contributed by atoms with E-state index >= 15 is 0 Å². The first-order valence-corrected chi connectivity index (χ1v) is 5.64. The Hall–Kier alpha value is -0.890. The van der Waals surface area contributed by atoms with E-state index in [1.165, 1.54) is 0 Å². The predicted molar refractivity (Wildman–Crippen MR) is 65.7 cm³/mol. The van der Waals surface area contributed by atoms with Gasteiger partial charge in [0.1, 0.15) is 0 Å². The maximum Gasteiger partial charge on any atom is 0.156 e. The molecule has 0 atom stereocenters. The van der Waals surface area contributed by atoms with Crippen LogP contribution in [0.25, 0.3) is 5.82 Å². The first-order chi connectivity index (χ1) is 7.13. The number of aromatic nitrogens is 4. The van der Waals surface area contributed by atoms with E-state index in [4.69, 9.17) is 5.73 Å². The molecule has 0 radical (unpaired) electrons. The summed E-state index contributed by atoms with van der Waals surface area (Å²) in [6, 6.07) is 0. The van der Waals surface area contributed by atoms with Crippen molar-refractivity contribution >= 4 is 22.6 Å². The molecule has 0 aromatic carbocycles. The second-order valence-electron chi connectivity index (χ2n) is 3.32. The minimum atomic E-state index is 0.478. The van der Waals surface area contributed by atoms with Crippen LogP contribution in [0.5, 0.6) is 0 Å². The first kappa shape index (κ1) is 10.6. The van der Waals surface area contributed by atoms with E-state index in [1.807, 2.05) is 31.0 Å². The Kier molecular flexibility index (Phi) is 2.79. The van der Waals surface area contributed by atoms with Crippen molar-refractivity contribution in [3.8, 4) is 5.82 Å². The molecule has 0 amide bonds. The number of hydrogen-bond acceptors (Lipinski definition) is 3. The lowest BCUT2D eigenvalue weighted by atomic mass is 10.2. The predicted octanol–water partition coefficient (Wildman–Crippen LogP) is 0.978. The minimum absolute atomic E-state index is 0.478. The standard InChI is InChI=1S/C9H12IN5/c1-6-8(3-11)9(14(2)13-6)15-5-7(10)4-12-15/h4-5H,3,11H2,1-2H3. The van der Waals surface area contributed by atoms with Gasteiger partial charge in [0.2, 0.25) is 0 Å². The fourth-order valence-electron chi connectivity index (χ4n) is 1.63. The summed E-state index contributed by atoms with van der Waals surface area (Å²) in [4.78, 5) is 0. The van der Waals surface area contributed by atoms with Crippen LogP contribution in [0.2, 0.25) is 0 Å². The van der Waals surface area contributed by atoms with Gasteiger partial charge in [-0.1, -0.05) is 0 Å². The largest absolute Gasteiger partial charge is 0.326 e. The van der Waals surface area contributed by atoms with Gasteiger partial charge in [-0.15, -0.1) is 0 Å². The van der Waals surface area contributed by atoms with Gasteiger partial charge in [0.05, 0.1) is 15.5 Å². The van der Waals surface area contributed by atoms with Crippen LogP contribution >= 0.6 is 22.6 Å². The molecule has 0 aliphatic rings. The molecule has 0 saturated carbocycles. The summed E-state index contributed by atoms with van der Waals surface area (Å²) in [5.74, 6) is 0.943. The Balaban J connectivity index is 2.61. The van der Waals surface area contributed by atoms with Crippen molar-refractivity contribution in [1.29, 1.82) is 0 Å². The van der Waals surface area contributed by atoms with Crippen LogP contribution in [0, 0.1) is 10.5 Å². The number of aryl methyl sites for hydroxylation is 2. The zero-order valence-corrected chi connectivity index (χ0v) is 10.8. The Labute approximate surface area is 101 Å². The van der Waals surface area contributed by atoms with Gasteiger partial charge in [-0.3, -0.25) is 4.68 Å². The number of halogens is 1. The van der Waals surface area contributed by atoms with Crippen molar-refractivity contribution in [2.45, 2.75) is 13.5 Å². The fourth-order valence-corrected chi connectivity index (χ4v) is 2.02. The van der Waals surface area contributed by atoms with Crippen molar-refractivity contribution in [1.82, 2.24) is 19.6 Å². The molecule has 5 nitrogen and oxygen atoms in total. The summed E-state index contributed by atoms with van der Waals surface area (Å²) in [5.41, 5.74) is 7.71. The fraction of sp³-hybridized carbons (Fsp3) is 0.333. The van der Waals surface area contributed by atoms with Gasteiger partial charge in [-0.25, -0.2) is 4.68 Å². The average Bonchev–Trinajstić information content (AvgIpc) is 2.70. The number of rotatable bonds is 2. The minimum Gasteiger partial charge on any atom is -0.326 e. The third kappa shape index (κ3) is 1.78. The van der Waals surface area contributed by atoms with Gasteiger partial charge in [0, 0.05) is 25.4 Å². The molecule has 0 fully saturated rings. The number of nitrogens with zero attached hydrogens (tertiary/aromatic N) is 4. The Morgan fingerprint density at radius 3 is 2.80 bits per heavy atom. The Bertz CT molecular complexity index is 485. The molecule has 0 saturated heterocycles. The van der Waals surface area contributed by atoms with E-state index in [0.29, 0.717) is 6.54 Å². The quantitative estimate of drug-likeness (QED) is 0.840. The van der Waals surface area contributed by atoms with Gasteiger partial charge >= 0.3 is 0 Å². The highest BCUT2D eigenvalue weighted by Gasteiger charge is 2.13. The summed E-state index contributed by atoms with van der Waals surface area (Å²) in [5, 5.41) is 8.60. The monoisotopic (exact) mass is 317 g/mol. The van der Waals surface area contributed by atoms with Crippen LogP contribution in [-0.4, -0.2) is 19.6 Å². The molecule has 0 aliphatic heterocycles. The first-order valence-electron chi connectivity index (χ1n) is 4.56. The molecule has 80 valence electrons. The molecule has 2 N–H and O–H groups in total. The van der Waals surface area contributed by atoms with Crippen molar-refractivity contribution in [3.05, 3.63) is 27.2 Å². The van der Waals surface area contributed by atoms with Crippen LogP contribution in [0.15, 0.2) is 12.4 Å². The van der Waals surface area contributed by atoms with Gasteiger partial charge in [0.25, 0.3) is 0 Å². The van der Waals surface area contributed by atoms with Crippen LogP contribution in [-0.2, 0) is 13.6 Å². The molecule has 2 aromatic rings. The lowest BCUT2D eigenvalue weighted by molar-refractivity contribution is 0.691. The van der Waals surface area contributed by atoms with Crippen LogP contribution in [0.4, 0.5) is 0 Å². The molecule has 2 rings (SSSR count). The maximum absolute atomic E-state index is 5.71. The van der Waals surface area contributed by atoms with Gasteiger partial charge in [0.15, 0.2) is 5.82 Å². The highest BCUT2D eigenvalue weighted by Crippen LogP contribution is 2.17. The summed E-state index contributed by atoms with van der Waals surface area (Å²) in [7, 11) is 1.90. The van der Waals surface area contributed by atoms with Crippen LogP contribution in [0.3, 0.4) is 0 Å². The summed E-state index contributed by atoms with van der Waals surface area (Å²) < 4.78 is 4.71. The van der Waals surface area contributed by atoms with Gasteiger partial charge in [-0.2, -0.15) is 10.2 Å². The van der Waals surface area contributed by atoms with Gasteiger partial charge in [-0.05, 0) is 29.5 Å². The smallest absolute Gasteiger partial charge is 0.156 e.